The molecule has 0 bridgehead atoms. The molecule has 2 aromatic carbocycles. The number of benzene rings is 2. The Morgan fingerprint density at radius 2 is 1.76 bits per heavy atom. The molecule has 88 valence electrons. The number of rotatable bonds is 2. The summed E-state index contributed by atoms with van der Waals surface area (Å²) in [5.41, 5.74) is 8.72. The second-order valence-electron chi connectivity index (χ2n) is 3.94. The summed E-state index contributed by atoms with van der Waals surface area (Å²) in [4.78, 5) is 0. The predicted molar refractivity (Wildman–Crippen MR) is 67.5 cm³/mol. The zero-order valence-electron chi connectivity index (χ0n) is 9.83. The maximum atomic E-state index is 13.9. The monoisotopic (exact) mass is 231 g/mol. The van der Waals surface area contributed by atoms with Gasteiger partial charge >= 0.3 is 0 Å². The van der Waals surface area contributed by atoms with Crippen molar-refractivity contribution in [2.75, 3.05) is 12.8 Å². The summed E-state index contributed by atoms with van der Waals surface area (Å²) in [7, 11) is 1.51. The van der Waals surface area contributed by atoms with Crippen LogP contribution in [-0.2, 0) is 0 Å². The van der Waals surface area contributed by atoms with Gasteiger partial charge < -0.3 is 10.5 Å². The Morgan fingerprint density at radius 3 is 2.35 bits per heavy atom. The van der Waals surface area contributed by atoms with Crippen LogP contribution in [0.1, 0.15) is 5.56 Å². The van der Waals surface area contributed by atoms with E-state index in [2.05, 4.69) is 0 Å². The highest BCUT2D eigenvalue weighted by Crippen LogP contribution is 2.30. The van der Waals surface area contributed by atoms with E-state index in [9.17, 15) is 4.39 Å². The second-order valence-corrected chi connectivity index (χ2v) is 3.94. The molecule has 3 heteroatoms. The van der Waals surface area contributed by atoms with Gasteiger partial charge in [0.2, 0.25) is 0 Å². The molecule has 2 nitrogen and oxygen atoms in total. The molecule has 0 radical (unpaired) electrons. The fourth-order valence-electron chi connectivity index (χ4n) is 1.77. The molecule has 0 aliphatic heterocycles. The van der Waals surface area contributed by atoms with E-state index in [-0.39, 0.29) is 5.82 Å². The molecule has 0 fully saturated rings. The lowest BCUT2D eigenvalue weighted by atomic mass is 10.0. The molecule has 0 unspecified atom stereocenters. The fourth-order valence-corrected chi connectivity index (χ4v) is 1.77. The van der Waals surface area contributed by atoms with Crippen LogP contribution in [0.15, 0.2) is 36.4 Å². The van der Waals surface area contributed by atoms with E-state index in [0.29, 0.717) is 22.6 Å². The molecule has 0 heterocycles. The van der Waals surface area contributed by atoms with Crippen molar-refractivity contribution in [2.24, 2.45) is 0 Å². The van der Waals surface area contributed by atoms with Crippen LogP contribution >= 0.6 is 0 Å². The van der Waals surface area contributed by atoms with E-state index in [1.165, 1.54) is 13.2 Å². The Morgan fingerprint density at radius 1 is 1.06 bits per heavy atom. The van der Waals surface area contributed by atoms with Gasteiger partial charge in [0.25, 0.3) is 0 Å². The number of nitrogen functional groups attached to an aromatic ring is 1. The molecule has 2 N–H and O–H groups in total. The first-order valence-corrected chi connectivity index (χ1v) is 5.32. The van der Waals surface area contributed by atoms with Gasteiger partial charge in [-0.05, 0) is 30.7 Å². The molecule has 0 spiro atoms. The third-order valence-electron chi connectivity index (χ3n) is 2.67. The number of methoxy groups -OCH3 is 1. The number of anilines is 1. The molecule has 0 saturated carbocycles. The van der Waals surface area contributed by atoms with Crippen LogP contribution in [-0.4, -0.2) is 7.11 Å². The van der Waals surface area contributed by atoms with Gasteiger partial charge in [0.1, 0.15) is 11.6 Å². The zero-order valence-corrected chi connectivity index (χ0v) is 9.83. The van der Waals surface area contributed by atoms with E-state index < -0.39 is 0 Å². The number of ether oxygens (including phenoxy) is 1. The number of aryl methyl sites for hydroxylation is 1. The van der Waals surface area contributed by atoms with Crippen molar-refractivity contribution in [1.29, 1.82) is 0 Å². The summed E-state index contributed by atoms with van der Waals surface area (Å²) in [5.74, 6) is 0.164. The standard InChI is InChI=1S/C14H14FNO/c1-9-3-5-12(14(16)7-9)11-6-4-10(17-2)8-13(11)15/h3-8H,16H2,1-2H3. The van der Waals surface area contributed by atoms with Crippen LogP contribution < -0.4 is 10.5 Å². The van der Waals surface area contributed by atoms with Gasteiger partial charge in [-0.15, -0.1) is 0 Å². The number of halogens is 1. The van der Waals surface area contributed by atoms with Crippen molar-refractivity contribution in [2.45, 2.75) is 6.92 Å². The molecule has 2 rings (SSSR count). The molecule has 0 amide bonds. The van der Waals surface area contributed by atoms with Gasteiger partial charge in [-0.1, -0.05) is 12.1 Å². The first-order valence-electron chi connectivity index (χ1n) is 5.32. The van der Waals surface area contributed by atoms with Gasteiger partial charge in [0, 0.05) is 22.9 Å². The molecule has 0 saturated heterocycles. The highest BCUT2D eigenvalue weighted by molar-refractivity contribution is 5.77. The Hall–Kier alpha value is -2.03. The van der Waals surface area contributed by atoms with Crippen LogP contribution in [0.5, 0.6) is 5.75 Å². The Bertz CT molecular complexity index is 552. The summed E-state index contributed by atoms with van der Waals surface area (Å²) < 4.78 is 18.8. The SMILES string of the molecule is COc1ccc(-c2ccc(C)cc2N)c(F)c1. The molecular weight excluding hydrogens is 217 g/mol. The smallest absolute Gasteiger partial charge is 0.134 e. The predicted octanol–water partition coefficient (Wildman–Crippen LogP) is 3.39. The van der Waals surface area contributed by atoms with E-state index in [4.69, 9.17) is 10.5 Å². The first-order chi connectivity index (χ1) is 8.11. The minimum Gasteiger partial charge on any atom is -0.497 e. The zero-order chi connectivity index (χ0) is 12.4. The summed E-state index contributed by atoms with van der Waals surface area (Å²) in [6.07, 6.45) is 0. The van der Waals surface area contributed by atoms with Crippen molar-refractivity contribution >= 4 is 5.69 Å². The Balaban J connectivity index is 2.53. The molecule has 0 aliphatic carbocycles. The minimum atomic E-state index is -0.333. The lowest BCUT2D eigenvalue weighted by Gasteiger charge is -2.09. The van der Waals surface area contributed by atoms with Crippen LogP contribution in [0.2, 0.25) is 0 Å². The summed E-state index contributed by atoms with van der Waals surface area (Å²) in [5, 5.41) is 0. The Kier molecular flexibility index (Phi) is 3.00. The first kappa shape index (κ1) is 11.5. The van der Waals surface area contributed by atoms with Crippen LogP contribution in [0.4, 0.5) is 10.1 Å². The average Bonchev–Trinajstić information content (AvgIpc) is 2.30. The van der Waals surface area contributed by atoms with E-state index in [1.807, 2.05) is 25.1 Å². The van der Waals surface area contributed by atoms with Gasteiger partial charge in [-0.3, -0.25) is 0 Å². The minimum absolute atomic E-state index is 0.333. The van der Waals surface area contributed by atoms with Crippen molar-refractivity contribution in [3.63, 3.8) is 0 Å². The third kappa shape index (κ3) is 2.23. The second kappa shape index (κ2) is 4.45. The lowest BCUT2D eigenvalue weighted by Crippen LogP contribution is -1.94. The van der Waals surface area contributed by atoms with Crippen molar-refractivity contribution in [3.05, 3.63) is 47.8 Å². The van der Waals surface area contributed by atoms with Crippen LogP contribution in [0, 0.1) is 12.7 Å². The number of hydrogen-bond donors (Lipinski definition) is 1. The van der Waals surface area contributed by atoms with Crippen molar-refractivity contribution in [1.82, 2.24) is 0 Å². The molecule has 0 aliphatic rings. The van der Waals surface area contributed by atoms with Gasteiger partial charge in [-0.2, -0.15) is 0 Å². The highest BCUT2D eigenvalue weighted by atomic mass is 19.1. The maximum Gasteiger partial charge on any atom is 0.134 e. The number of nitrogens with two attached hydrogens (primary N) is 1. The lowest BCUT2D eigenvalue weighted by molar-refractivity contribution is 0.411. The van der Waals surface area contributed by atoms with E-state index in [0.717, 1.165) is 5.56 Å². The maximum absolute atomic E-state index is 13.9. The highest BCUT2D eigenvalue weighted by Gasteiger charge is 2.09. The molecule has 0 aromatic heterocycles. The molecular formula is C14H14FNO. The van der Waals surface area contributed by atoms with E-state index >= 15 is 0 Å². The van der Waals surface area contributed by atoms with Gasteiger partial charge in [-0.25, -0.2) is 4.39 Å². The summed E-state index contributed by atoms with van der Waals surface area (Å²) in [6.45, 7) is 1.95. The van der Waals surface area contributed by atoms with Crippen molar-refractivity contribution in [3.8, 4) is 16.9 Å². The molecule has 17 heavy (non-hydrogen) atoms. The van der Waals surface area contributed by atoms with Crippen molar-refractivity contribution < 1.29 is 9.13 Å². The topological polar surface area (TPSA) is 35.2 Å². The Labute approximate surface area is 99.8 Å². The molecule has 0 atom stereocenters. The fraction of sp³-hybridized carbons (Fsp3) is 0.143. The largest absolute Gasteiger partial charge is 0.497 e. The average molecular weight is 231 g/mol. The van der Waals surface area contributed by atoms with Gasteiger partial charge in [0.05, 0.1) is 7.11 Å². The third-order valence-corrected chi connectivity index (χ3v) is 2.67. The summed E-state index contributed by atoms with van der Waals surface area (Å²) in [6, 6.07) is 10.3. The van der Waals surface area contributed by atoms with Crippen LogP contribution in [0.25, 0.3) is 11.1 Å². The normalized spacial score (nSPS) is 10.3. The quantitative estimate of drug-likeness (QED) is 0.804. The van der Waals surface area contributed by atoms with E-state index in [1.54, 1.807) is 12.1 Å². The molecule has 2 aromatic rings. The van der Waals surface area contributed by atoms with Crippen LogP contribution in [0.3, 0.4) is 0 Å². The van der Waals surface area contributed by atoms with Gasteiger partial charge in [0.15, 0.2) is 0 Å². The summed E-state index contributed by atoms with van der Waals surface area (Å²) >= 11 is 0. The number of hydrogen-bond acceptors (Lipinski definition) is 2.